The van der Waals surface area contributed by atoms with Crippen molar-refractivity contribution in [1.29, 1.82) is 0 Å². The smallest absolute Gasteiger partial charge is 0.267 e. The minimum absolute atomic E-state index is 0.130. The average Bonchev–Trinajstić information content (AvgIpc) is 2.97. The molecular formula is C13H10F3N3O2S. The van der Waals surface area contributed by atoms with E-state index in [0.29, 0.717) is 6.42 Å². The fourth-order valence-corrected chi connectivity index (χ4v) is 2.20. The number of carbonyl (C=O) groups excluding carboxylic acids is 2. The van der Waals surface area contributed by atoms with Crippen molar-refractivity contribution in [2.75, 3.05) is 0 Å². The summed E-state index contributed by atoms with van der Waals surface area (Å²) in [5, 5.41) is 2.76. The molecule has 0 aliphatic carbocycles. The first-order chi connectivity index (χ1) is 10.4. The number of hydrogen-bond donors (Lipinski definition) is 2. The lowest BCUT2D eigenvalue weighted by Gasteiger charge is -2.09. The Morgan fingerprint density at radius 1 is 1.14 bits per heavy atom. The number of alkyl halides is 3. The van der Waals surface area contributed by atoms with Crippen LogP contribution >= 0.6 is 11.3 Å². The van der Waals surface area contributed by atoms with E-state index in [4.69, 9.17) is 0 Å². The molecular weight excluding hydrogens is 319 g/mol. The van der Waals surface area contributed by atoms with Crippen molar-refractivity contribution < 1.29 is 22.8 Å². The number of carbonyl (C=O) groups is 2. The highest BCUT2D eigenvalue weighted by atomic mass is 32.1. The molecule has 2 amide bonds. The first-order valence-electron chi connectivity index (χ1n) is 6.01. The molecule has 2 N–H and O–H groups in total. The van der Waals surface area contributed by atoms with Gasteiger partial charge in [-0.25, -0.2) is 4.98 Å². The van der Waals surface area contributed by atoms with Crippen LogP contribution in [0.25, 0.3) is 0 Å². The predicted octanol–water partition coefficient (Wildman–Crippen LogP) is 2.06. The molecule has 1 aromatic carbocycles. The third-order valence-electron chi connectivity index (χ3n) is 2.60. The Morgan fingerprint density at radius 2 is 1.82 bits per heavy atom. The second-order valence-corrected chi connectivity index (χ2v) is 5.18. The molecule has 0 radical (unpaired) electrons. The number of nitrogens with one attached hydrogen (secondary N) is 2. The molecule has 0 saturated carbocycles. The highest BCUT2D eigenvalue weighted by molar-refractivity contribution is 7.09. The minimum Gasteiger partial charge on any atom is -0.267 e. The highest BCUT2D eigenvalue weighted by Crippen LogP contribution is 2.14. The van der Waals surface area contributed by atoms with Crippen molar-refractivity contribution in [1.82, 2.24) is 15.8 Å². The topological polar surface area (TPSA) is 71.1 Å². The zero-order valence-corrected chi connectivity index (χ0v) is 11.8. The molecule has 0 saturated heterocycles. The Balaban J connectivity index is 1.92. The van der Waals surface area contributed by atoms with E-state index in [-0.39, 0.29) is 5.56 Å². The molecule has 2 aromatic rings. The van der Waals surface area contributed by atoms with Crippen molar-refractivity contribution in [3.63, 3.8) is 0 Å². The van der Waals surface area contributed by atoms with Gasteiger partial charge in [0.05, 0.1) is 5.01 Å². The van der Waals surface area contributed by atoms with Gasteiger partial charge in [-0.15, -0.1) is 11.3 Å². The summed E-state index contributed by atoms with van der Waals surface area (Å²) in [6.07, 6.45) is -2.76. The van der Waals surface area contributed by atoms with Gasteiger partial charge in [-0.2, -0.15) is 13.2 Å². The maximum Gasteiger partial charge on any atom is 0.472 e. The van der Waals surface area contributed by atoms with Crippen LogP contribution in [0.4, 0.5) is 13.2 Å². The van der Waals surface area contributed by atoms with Gasteiger partial charge in [0, 0.05) is 23.6 Å². The third-order valence-corrected chi connectivity index (χ3v) is 3.38. The Kier molecular flexibility index (Phi) is 4.76. The van der Waals surface area contributed by atoms with Gasteiger partial charge in [-0.1, -0.05) is 12.1 Å². The zero-order valence-electron chi connectivity index (χ0n) is 11.0. The molecule has 1 heterocycles. The van der Waals surface area contributed by atoms with Crippen molar-refractivity contribution in [3.8, 4) is 0 Å². The lowest BCUT2D eigenvalue weighted by Crippen LogP contribution is -2.47. The normalized spacial score (nSPS) is 11.0. The Bertz CT molecular complexity index is 654. The molecule has 9 heteroatoms. The molecule has 0 fully saturated rings. The molecule has 0 aliphatic heterocycles. The van der Waals surface area contributed by atoms with Crippen LogP contribution in [-0.4, -0.2) is 23.0 Å². The van der Waals surface area contributed by atoms with E-state index in [1.54, 1.807) is 23.8 Å². The van der Waals surface area contributed by atoms with Crippen molar-refractivity contribution in [2.24, 2.45) is 0 Å². The lowest BCUT2D eigenvalue weighted by molar-refractivity contribution is -0.174. The van der Waals surface area contributed by atoms with Crippen LogP contribution < -0.4 is 10.9 Å². The monoisotopic (exact) mass is 329 g/mol. The van der Waals surface area contributed by atoms with Gasteiger partial charge >= 0.3 is 12.1 Å². The third kappa shape index (κ3) is 4.29. The van der Waals surface area contributed by atoms with Crippen molar-refractivity contribution >= 4 is 23.2 Å². The van der Waals surface area contributed by atoms with Crippen LogP contribution in [0.3, 0.4) is 0 Å². The second kappa shape index (κ2) is 6.56. The van der Waals surface area contributed by atoms with Gasteiger partial charge in [-0.05, 0) is 17.7 Å². The van der Waals surface area contributed by atoms with E-state index in [1.165, 1.54) is 28.9 Å². The van der Waals surface area contributed by atoms with Crippen LogP contribution in [0.1, 0.15) is 20.9 Å². The van der Waals surface area contributed by atoms with Crippen molar-refractivity contribution in [2.45, 2.75) is 12.6 Å². The fraction of sp³-hybridized carbons (Fsp3) is 0.154. The van der Waals surface area contributed by atoms with Crippen LogP contribution in [-0.2, 0) is 11.2 Å². The van der Waals surface area contributed by atoms with Gasteiger partial charge in [-0.3, -0.25) is 20.4 Å². The number of halogens is 3. The summed E-state index contributed by atoms with van der Waals surface area (Å²) in [4.78, 5) is 26.3. The van der Waals surface area contributed by atoms with Gasteiger partial charge < -0.3 is 0 Å². The van der Waals surface area contributed by atoms with Gasteiger partial charge in [0.1, 0.15) is 0 Å². The summed E-state index contributed by atoms with van der Waals surface area (Å²) in [7, 11) is 0. The van der Waals surface area contributed by atoms with E-state index in [0.717, 1.165) is 10.6 Å². The quantitative estimate of drug-likeness (QED) is 0.847. The number of thiazole rings is 1. The summed E-state index contributed by atoms with van der Waals surface area (Å²) in [5.41, 5.74) is 4.04. The SMILES string of the molecule is O=C(NNC(=O)C(F)(F)F)c1ccc(Cc2nccs2)cc1. The largest absolute Gasteiger partial charge is 0.472 e. The van der Waals surface area contributed by atoms with Crippen LogP contribution in [0, 0.1) is 0 Å². The van der Waals surface area contributed by atoms with E-state index >= 15 is 0 Å². The highest BCUT2D eigenvalue weighted by Gasteiger charge is 2.38. The minimum atomic E-state index is -5.05. The summed E-state index contributed by atoms with van der Waals surface area (Å²) in [5.74, 6) is -3.07. The first kappa shape index (κ1) is 16.0. The maximum atomic E-state index is 12.0. The standard InChI is InChI=1S/C13H10F3N3O2S/c14-13(15,16)12(21)19-18-11(20)9-3-1-8(2-4-9)7-10-17-5-6-22-10/h1-6H,7H2,(H,18,20)(H,19,21). The van der Waals surface area contributed by atoms with E-state index in [9.17, 15) is 22.8 Å². The molecule has 0 bridgehead atoms. The Labute approximate surface area is 127 Å². The second-order valence-electron chi connectivity index (χ2n) is 4.21. The average molecular weight is 329 g/mol. The molecule has 0 spiro atoms. The predicted molar refractivity (Wildman–Crippen MR) is 73.0 cm³/mol. The fourth-order valence-electron chi connectivity index (χ4n) is 1.55. The van der Waals surface area contributed by atoms with Gasteiger partial charge in [0.15, 0.2) is 0 Å². The molecule has 0 atom stereocenters. The number of amides is 2. The molecule has 0 unspecified atom stereocenters. The molecule has 2 rings (SSSR count). The molecule has 0 aliphatic rings. The number of rotatable bonds is 3. The van der Waals surface area contributed by atoms with E-state index in [1.807, 2.05) is 5.38 Å². The zero-order chi connectivity index (χ0) is 16.2. The van der Waals surface area contributed by atoms with Crippen molar-refractivity contribution in [3.05, 3.63) is 52.0 Å². The van der Waals surface area contributed by atoms with Crippen LogP contribution in [0.15, 0.2) is 35.8 Å². The van der Waals surface area contributed by atoms with Gasteiger partial charge in [0.2, 0.25) is 0 Å². The first-order valence-corrected chi connectivity index (χ1v) is 6.89. The summed E-state index contributed by atoms with van der Waals surface area (Å²) in [6.45, 7) is 0. The number of hydrazine groups is 1. The van der Waals surface area contributed by atoms with Crippen LogP contribution in [0.2, 0.25) is 0 Å². The Hall–Kier alpha value is -2.42. The summed E-state index contributed by atoms with van der Waals surface area (Å²) in [6, 6.07) is 6.25. The van der Waals surface area contributed by atoms with Gasteiger partial charge in [0.25, 0.3) is 5.91 Å². The molecule has 22 heavy (non-hydrogen) atoms. The number of hydrogen-bond acceptors (Lipinski definition) is 4. The molecule has 5 nitrogen and oxygen atoms in total. The lowest BCUT2D eigenvalue weighted by atomic mass is 10.1. The van der Waals surface area contributed by atoms with E-state index < -0.39 is 18.0 Å². The summed E-state index contributed by atoms with van der Waals surface area (Å²) < 4.78 is 35.9. The van der Waals surface area contributed by atoms with E-state index in [2.05, 4.69) is 4.98 Å². The summed E-state index contributed by atoms with van der Waals surface area (Å²) >= 11 is 1.50. The number of nitrogens with zero attached hydrogens (tertiary/aromatic N) is 1. The van der Waals surface area contributed by atoms with Crippen LogP contribution in [0.5, 0.6) is 0 Å². The maximum absolute atomic E-state index is 12.0. The Morgan fingerprint density at radius 3 is 2.36 bits per heavy atom. The number of aromatic nitrogens is 1. The molecule has 116 valence electrons. The molecule has 1 aromatic heterocycles. The number of benzene rings is 1.